The summed E-state index contributed by atoms with van der Waals surface area (Å²) in [4.78, 5) is 34.3. The van der Waals surface area contributed by atoms with Gasteiger partial charge in [-0.05, 0) is 44.9 Å². The van der Waals surface area contributed by atoms with Gasteiger partial charge in [-0.2, -0.15) is 0 Å². The average molecular weight is 719 g/mol. The van der Waals surface area contributed by atoms with E-state index in [4.69, 9.17) is 18.5 Å². The molecule has 0 aliphatic carbocycles. The van der Waals surface area contributed by atoms with E-state index in [9.17, 15) is 29.3 Å². The van der Waals surface area contributed by atoms with Crippen LogP contribution in [0.25, 0.3) is 0 Å². The van der Waals surface area contributed by atoms with Crippen molar-refractivity contribution >= 4 is 19.8 Å². The highest BCUT2D eigenvalue weighted by Gasteiger charge is 2.27. The van der Waals surface area contributed by atoms with Gasteiger partial charge in [0.05, 0.1) is 26.4 Å². The van der Waals surface area contributed by atoms with Crippen LogP contribution in [0, 0.1) is 0 Å². The summed E-state index contributed by atoms with van der Waals surface area (Å²) < 4.78 is 32.4. The monoisotopic (exact) mass is 718 g/mol. The van der Waals surface area contributed by atoms with Crippen molar-refractivity contribution in [1.29, 1.82) is 0 Å². The first-order valence-corrected chi connectivity index (χ1v) is 20.8. The molecule has 11 heteroatoms. The summed E-state index contributed by atoms with van der Waals surface area (Å²) in [6.07, 6.45) is 31.6. The third kappa shape index (κ3) is 33.4. The molecule has 288 valence electrons. The van der Waals surface area contributed by atoms with Gasteiger partial charge in [-0.3, -0.25) is 18.6 Å². The van der Waals surface area contributed by atoms with Gasteiger partial charge in [0.25, 0.3) is 0 Å². The molecule has 0 fully saturated rings. The smallest absolute Gasteiger partial charge is 0.457 e. The first-order valence-electron chi connectivity index (χ1n) is 19.3. The Balaban J connectivity index is 3.99. The number of phosphoric acid groups is 1. The van der Waals surface area contributed by atoms with E-state index in [0.29, 0.717) is 12.8 Å². The molecule has 0 radical (unpaired) electrons. The number of aliphatic hydroxyl groups excluding tert-OH is 2. The van der Waals surface area contributed by atoms with Crippen LogP contribution in [0.4, 0.5) is 0 Å². The van der Waals surface area contributed by atoms with Crippen LogP contribution in [0.5, 0.6) is 0 Å². The zero-order chi connectivity index (χ0) is 36.3. The molecule has 0 spiro atoms. The van der Waals surface area contributed by atoms with Crippen molar-refractivity contribution in [2.45, 2.75) is 180 Å². The summed E-state index contributed by atoms with van der Waals surface area (Å²) in [7, 11) is -4.63. The van der Waals surface area contributed by atoms with Crippen molar-refractivity contribution in [3.05, 3.63) is 24.3 Å². The minimum Gasteiger partial charge on any atom is -0.457 e. The van der Waals surface area contributed by atoms with E-state index >= 15 is 0 Å². The number of aliphatic hydroxyl groups is 2. The molecule has 0 saturated carbocycles. The van der Waals surface area contributed by atoms with Gasteiger partial charge in [-0.1, -0.05) is 134 Å². The van der Waals surface area contributed by atoms with Crippen LogP contribution in [-0.4, -0.2) is 65.7 Å². The number of carbonyl (C=O) groups excluding carboxylic acids is 2. The zero-order valence-corrected chi connectivity index (χ0v) is 31.8. The van der Waals surface area contributed by atoms with Crippen LogP contribution in [-0.2, 0) is 32.7 Å². The van der Waals surface area contributed by atoms with E-state index in [2.05, 4.69) is 38.2 Å². The molecular weight excluding hydrogens is 647 g/mol. The van der Waals surface area contributed by atoms with Gasteiger partial charge in [0, 0.05) is 12.8 Å². The quantitative estimate of drug-likeness (QED) is 0.0248. The van der Waals surface area contributed by atoms with Crippen LogP contribution in [0.3, 0.4) is 0 Å². The third-order valence-electron chi connectivity index (χ3n) is 8.17. The van der Waals surface area contributed by atoms with Crippen molar-refractivity contribution in [2.24, 2.45) is 0 Å². The molecule has 0 saturated heterocycles. The maximum Gasteiger partial charge on any atom is 0.472 e. The Labute approximate surface area is 298 Å². The lowest BCUT2D eigenvalue weighted by atomic mass is 10.1. The molecule has 0 aliphatic rings. The van der Waals surface area contributed by atoms with Crippen molar-refractivity contribution in [3.8, 4) is 0 Å². The third-order valence-corrected chi connectivity index (χ3v) is 9.12. The lowest BCUT2D eigenvalue weighted by Gasteiger charge is -2.20. The minimum absolute atomic E-state index is 0.178. The number of unbranched alkanes of at least 4 members (excludes halogenated alkanes) is 18. The van der Waals surface area contributed by atoms with Crippen molar-refractivity contribution in [2.75, 3.05) is 26.4 Å². The average Bonchev–Trinajstić information content (AvgIpc) is 3.09. The second-order valence-electron chi connectivity index (χ2n) is 12.9. The Morgan fingerprint density at radius 2 is 0.898 bits per heavy atom. The summed E-state index contributed by atoms with van der Waals surface area (Å²) in [5.41, 5.74) is 0. The van der Waals surface area contributed by atoms with Crippen LogP contribution in [0.1, 0.15) is 168 Å². The fourth-order valence-corrected chi connectivity index (χ4v) is 5.93. The van der Waals surface area contributed by atoms with Crippen LogP contribution in [0.2, 0.25) is 0 Å². The predicted molar refractivity (Wildman–Crippen MR) is 196 cm³/mol. The summed E-state index contributed by atoms with van der Waals surface area (Å²) in [6.45, 7) is 2.14. The number of rotatable bonds is 36. The molecule has 0 rings (SSSR count). The molecule has 0 bridgehead atoms. The Kier molecular flexibility index (Phi) is 33.8. The number of hydrogen-bond donors (Lipinski definition) is 3. The molecule has 0 aromatic rings. The van der Waals surface area contributed by atoms with E-state index in [-0.39, 0.29) is 12.8 Å². The lowest BCUT2D eigenvalue weighted by molar-refractivity contribution is -0.153. The molecule has 49 heavy (non-hydrogen) atoms. The number of phosphoric ester groups is 1. The molecule has 0 aromatic heterocycles. The van der Waals surface area contributed by atoms with Gasteiger partial charge in [-0.15, -0.1) is 0 Å². The number of carbonyl (C=O) groups is 2. The summed E-state index contributed by atoms with van der Waals surface area (Å²) in [5, 5.41) is 19.1. The Morgan fingerprint density at radius 3 is 1.29 bits per heavy atom. The van der Waals surface area contributed by atoms with Crippen molar-refractivity contribution in [3.63, 3.8) is 0 Å². The van der Waals surface area contributed by atoms with Gasteiger partial charge in [0.1, 0.15) is 12.2 Å². The molecule has 3 atom stereocenters. The molecule has 10 nitrogen and oxygen atoms in total. The zero-order valence-electron chi connectivity index (χ0n) is 30.9. The lowest BCUT2D eigenvalue weighted by Crippen LogP contribution is -2.28. The molecule has 0 heterocycles. The maximum atomic E-state index is 12.3. The Bertz CT molecular complexity index is 879. The van der Waals surface area contributed by atoms with Crippen molar-refractivity contribution < 1.29 is 47.8 Å². The van der Waals surface area contributed by atoms with E-state index in [1.807, 2.05) is 0 Å². The maximum absolute atomic E-state index is 12.3. The topological polar surface area (TPSA) is 149 Å². The molecule has 0 aliphatic heterocycles. The molecule has 3 N–H and O–H groups in total. The van der Waals surface area contributed by atoms with E-state index < -0.39 is 58.4 Å². The normalized spacial score (nSPS) is 14.3. The van der Waals surface area contributed by atoms with E-state index in [0.717, 1.165) is 57.8 Å². The molecule has 0 aromatic carbocycles. The van der Waals surface area contributed by atoms with E-state index in [1.165, 1.54) is 70.6 Å². The summed E-state index contributed by atoms with van der Waals surface area (Å²) in [5.74, 6) is -1.03. The molecular formula is C38H71O10P. The summed E-state index contributed by atoms with van der Waals surface area (Å²) >= 11 is 0. The largest absolute Gasteiger partial charge is 0.472 e. The van der Waals surface area contributed by atoms with Crippen LogP contribution in [0.15, 0.2) is 24.3 Å². The Hall–Kier alpha value is -1.55. The Morgan fingerprint density at radius 1 is 0.551 bits per heavy atom. The first kappa shape index (κ1) is 47.4. The number of ether oxygens (including phenoxy) is 2. The van der Waals surface area contributed by atoms with E-state index in [1.54, 1.807) is 0 Å². The summed E-state index contributed by atoms with van der Waals surface area (Å²) in [6, 6.07) is 0. The van der Waals surface area contributed by atoms with Crippen LogP contribution >= 0.6 is 7.82 Å². The fraction of sp³-hybridized carbons (Fsp3) is 0.842. The van der Waals surface area contributed by atoms with Crippen molar-refractivity contribution in [1.82, 2.24) is 0 Å². The number of esters is 2. The van der Waals surface area contributed by atoms with Gasteiger partial charge in [0.15, 0.2) is 0 Å². The minimum atomic E-state index is -4.63. The molecule has 3 unspecified atom stereocenters. The highest BCUT2D eigenvalue weighted by atomic mass is 31.2. The second-order valence-corrected chi connectivity index (χ2v) is 14.4. The molecule has 0 amide bonds. The standard InChI is InChI=1S/C38H71O10P/c1-3-5-7-9-11-13-15-16-17-18-19-20-22-24-26-28-30-38(42)48-36(32-40)34-46-49(43,44)45-33-35(31-39)47-37(41)29-27-25-23-21-14-12-10-8-6-4-2/h13,15,17-18,35-36,39-40H,3-12,14,16,19-34H2,1-2H3,(H,43,44)/b15-13-,18-17-. The first-order chi connectivity index (χ1) is 23.8. The van der Waals surface area contributed by atoms with Gasteiger partial charge in [0.2, 0.25) is 0 Å². The van der Waals surface area contributed by atoms with Gasteiger partial charge >= 0.3 is 19.8 Å². The highest BCUT2D eigenvalue weighted by molar-refractivity contribution is 7.47. The van der Waals surface area contributed by atoms with Gasteiger partial charge < -0.3 is 24.6 Å². The second kappa shape index (κ2) is 34.9. The highest BCUT2D eigenvalue weighted by Crippen LogP contribution is 2.43. The van der Waals surface area contributed by atoms with Crippen LogP contribution < -0.4 is 0 Å². The number of hydrogen-bond acceptors (Lipinski definition) is 9. The van der Waals surface area contributed by atoms with Gasteiger partial charge in [-0.25, -0.2) is 4.57 Å². The fourth-order valence-electron chi connectivity index (χ4n) is 5.14. The predicted octanol–water partition coefficient (Wildman–Crippen LogP) is 9.44. The SMILES string of the molecule is CCCCCC/C=C\C/C=C\CCCCCCCC(=O)OC(CO)COP(=O)(O)OCC(CO)OC(=O)CCCCCCCCCCCC. The number of allylic oxidation sites excluding steroid dienone is 4.